The van der Waals surface area contributed by atoms with Gasteiger partial charge in [-0.25, -0.2) is 0 Å². The largest absolute Gasteiger partial charge is 0.394 e. The zero-order valence-electron chi connectivity index (χ0n) is 8.49. The van der Waals surface area contributed by atoms with Crippen molar-refractivity contribution in [2.75, 3.05) is 13.2 Å². The van der Waals surface area contributed by atoms with E-state index in [4.69, 9.17) is 10.8 Å². The summed E-state index contributed by atoms with van der Waals surface area (Å²) < 4.78 is 0. The van der Waals surface area contributed by atoms with E-state index in [2.05, 4.69) is 0 Å². The summed E-state index contributed by atoms with van der Waals surface area (Å²) >= 11 is 0. The number of hydrogen-bond acceptors (Lipinski definition) is 3. The maximum atomic E-state index is 11.5. The molecule has 5 nitrogen and oxygen atoms in total. The number of primary amides is 1. The predicted molar refractivity (Wildman–Crippen MR) is 50.2 cm³/mol. The van der Waals surface area contributed by atoms with Crippen molar-refractivity contribution < 1.29 is 14.7 Å². The molecule has 1 fully saturated rings. The average Bonchev–Trinajstić information content (AvgIpc) is 2.48. The van der Waals surface area contributed by atoms with Gasteiger partial charge in [0, 0.05) is 13.0 Å². The van der Waals surface area contributed by atoms with Gasteiger partial charge in [0.15, 0.2) is 0 Å². The van der Waals surface area contributed by atoms with Crippen LogP contribution in [0.15, 0.2) is 0 Å². The summed E-state index contributed by atoms with van der Waals surface area (Å²) in [5.74, 6) is -0.976. The molecule has 1 saturated heterocycles. The van der Waals surface area contributed by atoms with Crippen molar-refractivity contribution >= 4 is 11.8 Å². The van der Waals surface area contributed by atoms with Crippen LogP contribution in [0.5, 0.6) is 0 Å². The number of carbonyl (C=O) groups excluding carboxylic acids is 2. The first kappa shape index (κ1) is 11.0. The highest BCUT2D eigenvalue weighted by molar-refractivity contribution is 5.88. The van der Waals surface area contributed by atoms with Crippen LogP contribution >= 0.6 is 0 Å². The third-order valence-corrected chi connectivity index (χ3v) is 2.65. The van der Waals surface area contributed by atoms with Gasteiger partial charge in [-0.2, -0.15) is 0 Å². The Balaban J connectivity index is 2.75. The van der Waals surface area contributed by atoms with Crippen molar-refractivity contribution in [2.45, 2.75) is 25.8 Å². The van der Waals surface area contributed by atoms with Crippen LogP contribution in [0.3, 0.4) is 0 Å². The van der Waals surface area contributed by atoms with Gasteiger partial charge in [-0.1, -0.05) is 0 Å². The van der Waals surface area contributed by atoms with Crippen LogP contribution in [0.2, 0.25) is 0 Å². The van der Waals surface area contributed by atoms with E-state index in [1.165, 1.54) is 4.90 Å². The van der Waals surface area contributed by atoms with Crippen molar-refractivity contribution in [3.8, 4) is 0 Å². The fraction of sp³-hybridized carbons (Fsp3) is 0.778. The van der Waals surface area contributed by atoms with Gasteiger partial charge in [0.05, 0.1) is 18.1 Å². The maximum Gasteiger partial charge on any atom is 0.223 e. The Morgan fingerprint density at radius 3 is 2.64 bits per heavy atom. The minimum atomic E-state index is -0.610. The zero-order valence-corrected chi connectivity index (χ0v) is 8.49. The molecule has 1 rings (SSSR count). The third kappa shape index (κ3) is 1.87. The van der Waals surface area contributed by atoms with E-state index >= 15 is 0 Å². The molecule has 0 aromatic carbocycles. The quantitative estimate of drug-likeness (QED) is 0.618. The number of rotatable bonds is 3. The number of amides is 2. The van der Waals surface area contributed by atoms with E-state index in [0.29, 0.717) is 6.54 Å². The predicted octanol–water partition coefficient (Wildman–Crippen LogP) is -0.909. The first-order valence-electron chi connectivity index (χ1n) is 4.59. The molecule has 0 aliphatic carbocycles. The van der Waals surface area contributed by atoms with E-state index < -0.39 is 17.4 Å². The summed E-state index contributed by atoms with van der Waals surface area (Å²) in [6.45, 7) is 3.72. The molecular formula is C9H16N2O3. The Morgan fingerprint density at radius 1 is 1.71 bits per heavy atom. The van der Waals surface area contributed by atoms with E-state index in [1.807, 2.05) is 0 Å². The van der Waals surface area contributed by atoms with Crippen LogP contribution in [0, 0.1) is 5.92 Å². The van der Waals surface area contributed by atoms with Gasteiger partial charge < -0.3 is 15.7 Å². The molecule has 0 bridgehead atoms. The van der Waals surface area contributed by atoms with Crippen molar-refractivity contribution in [1.29, 1.82) is 0 Å². The fourth-order valence-electron chi connectivity index (χ4n) is 1.57. The lowest BCUT2D eigenvalue weighted by atomic mass is 10.0. The van der Waals surface area contributed by atoms with Crippen LogP contribution in [-0.4, -0.2) is 40.5 Å². The smallest absolute Gasteiger partial charge is 0.223 e. The molecule has 0 saturated carbocycles. The first-order chi connectivity index (χ1) is 6.38. The highest BCUT2D eigenvalue weighted by Gasteiger charge is 2.40. The van der Waals surface area contributed by atoms with Gasteiger partial charge in [0.25, 0.3) is 0 Å². The van der Waals surface area contributed by atoms with Gasteiger partial charge >= 0.3 is 0 Å². The van der Waals surface area contributed by atoms with Gasteiger partial charge in [-0.3, -0.25) is 9.59 Å². The minimum Gasteiger partial charge on any atom is -0.394 e. The molecule has 3 N–H and O–H groups in total. The highest BCUT2D eigenvalue weighted by atomic mass is 16.3. The average molecular weight is 200 g/mol. The standard InChI is InChI=1S/C9H16N2O3/c1-9(2,5-12)11-4-6(8(10)14)3-7(11)13/h6,12H,3-5H2,1-2H3,(H2,10,14). The highest BCUT2D eigenvalue weighted by Crippen LogP contribution is 2.25. The fourth-order valence-corrected chi connectivity index (χ4v) is 1.57. The van der Waals surface area contributed by atoms with Crippen molar-refractivity contribution in [2.24, 2.45) is 11.7 Å². The molecule has 0 aromatic rings. The first-order valence-corrected chi connectivity index (χ1v) is 4.59. The Bertz CT molecular complexity index is 263. The molecule has 1 heterocycles. The van der Waals surface area contributed by atoms with E-state index in [0.717, 1.165) is 0 Å². The SMILES string of the molecule is CC(C)(CO)N1CC(C(N)=O)CC1=O. The summed E-state index contributed by atoms with van der Waals surface area (Å²) in [6.07, 6.45) is 0.165. The second kappa shape index (κ2) is 3.57. The van der Waals surface area contributed by atoms with Crippen LogP contribution in [-0.2, 0) is 9.59 Å². The van der Waals surface area contributed by atoms with Crippen molar-refractivity contribution in [1.82, 2.24) is 4.90 Å². The Hall–Kier alpha value is -1.10. The van der Waals surface area contributed by atoms with Crippen LogP contribution < -0.4 is 5.73 Å². The molecule has 1 unspecified atom stereocenters. The number of nitrogens with zero attached hydrogens (tertiary/aromatic N) is 1. The Morgan fingerprint density at radius 2 is 2.29 bits per heavy atom. The van der Waals surface area contributed by atoms with E-state index in [9.17, 15) is 9.59 Å². The van der Waals surface area contributed by atoms with Crippen LogP contribution in [0.1, 0.15) is 20.3 Å². The van der Waals surface area contributed by atoms with Crippen LogP contribution in [0.25, 0.3) is 0 Å². The minimum absolute atomic E-state index is 0.118. The summed E-state index contributed by atoms with van der Waals surface area (Å²) in [4.78, 5) is 23.9. The van der Waals surface area contributed by atoms with Gasteiger partial charge in [-0.15, -0.1) is 0 Å². The van der Waals surface area contributed by atoms with E-state index in [1.54, 1.807) is 13.8 Å². The third-order valence-electron chi connectivity index (χ3n) is 2.65. The molecule has 5 heteroatoms. The number of hydrogen-bond donors (Lipinski definition) is 2. The Kier molecular flexibility index (Phi) is 2.80. The molecular weight excluding hydrogens is 184 g/mol. The number of aliphatic hydroxyl groups excluding tert-OH is 1. The molecule has 80 valence electrons. The van der Waals surface area contributed by atoms with E-state index in [-0.39, 0.29) is 18.9 Å². The van der Waals surface area contributed by atoms with Gasteiger partial charge in [-0.05, 0) is 13.8 Å². The van der Waals surface area contributed by atoms with Crippen molar-refractivity contribution in [3.63, 3.8) is 0 Å². The number of likely N-dealkylation sites (tertiary alicyclic amines) is 1. The monoisotopic (exact) mass is 200 g/mol. The zero-order chi connectivity index (χ0) is 10.9. The topological polar surface area (TPSA) is 83.6 Å². The van der Waals surface area contributed by atoms with Gasteiger partial charge in [0.2, 0.25) is 11.8 Å². The lowest BCUT2D eigenvalue weighted by Crippen LogP contribution is -2.48. The molecule has 1 atom stereocenters. The molecule has 0 spiro atoms. The molecule has 1 aliphatic rings. The normalized spacial score (nSPS) is 22.9. The summed E-state index contributed by atoms with van der Waals surface area (Å²) in [5.41, 5.74) is 4.52. The molecule has 0 aromatic heterocycles. The summed E-state index contributed by atoms with van der Waals surface area (Å²) in [7, 11) is 0. The molecule has 1 aliphatic heterocycles. The van der Waals surface area contributed by atoms with Gasteiger partial charge in [0.1, 0.15) is 0 Å². The molecule has 0 radical (unpaired) electrons. The molecule has 14 heavy (non-hydrogen) atoms. The lowest BCUT2D eigenvalue weighted by molar-refractivity contribution is -0.133. The summed E-state index contributed by atoms with van der Waals surface area (Å²) in [5, 5.41) is 9.09. The van der Waals surface area contributed by atoms with Crippen molar-refractivity contribution in [3.05, 3.63) is 0 Å². The second-order valence-electron chi connectivity index (χ2n) is 4.28. The number of carbonyl (C=O) groups is 2. The van der Waals surface area contributed by atoms with Crippen LogP contribution in [0.4, 0.5) is 0 Å². The number of nitrogens with two attached hydrogens (primary N) is 1. The summed E-state index contributed by atoms with van der Waals surface area (Å²) in [6, 6.07) is 0. The lowest BCUT2D eigenvalue weighted by Gasteiger charge is -2.33. The maximum absolute atomic E-state index is 11.5. The second-order valence-corrected chi connectivity index (χ2v) is 4.28. The Labute approximate surface area is 82.9 Å². The number of aliphatic hydroxyl groups is 1. The molecule has 2 amide bonds.